The Hall–Kier alpha value is -1.82. The summed E-state index contributed by atoms with van der Waals surface area (Å²) in [6.07, 6.45) is 2.00. The number of carbonyl (C=O) groups is 1. The third-order valence-corrected chi connectivity index (χ3v) is 5.09. The van der Waals surface area contributed by atoms with Crippen LogP contribution >= 0.6 is 11.8 Å². The Morgan fingerprint density at radius 1 is 1.33 bits per heavy atom. The lowest BCUT2D eigenvalue weighted by Gasteiger charge is -2.16. The minimum atomic E-state index is -0.290. The number of fused-ring (bicyclic) bond motifs is 1. The smallest absolute Gasteiger partial charge is 0.262 e. The molecule has 1 N–H and O–H groups in total. The molecule has 1 fully saturated rings. The first-order valence-corrected chi connectivity index (χ1v) is 9.31. The lowest BCUT2D eigenvalue weighted by molar-refractivity contribution is -0.120. The minimum absolute atomic E-state index is 0.000360. The lowest BCUT2D eigenvalue weighted by Crippen LogP contribution is -2.34. The highest BCUT2D eigenvalue weighted by molar-refractivity contribution is 8.00. The quantitative estimate of drug-likeness (QED) is 0.646. The Labute approximate surface area is 145 Å². The number of thioether (sulfide) groups is 1. The first-order chi connectivity index (χ1) is 11.5. The van der Waals surface area contributed by atoms with E-state index in [1.165, 1.54) is 11.8 Å². The predicted octanol–water partition coefficient (Wildman–Crippen LogP) is 2.98. The van der Waals surface area contributed by atoms with E-state index < -0.39 is 0 Å². The third-order valence-electron chi connectivity index (χ3n) is 4.02. The summed E-state index contributed by atoms with van der Waals surface area (Å²) in [4.78, 5) is 29.7. The molecule has 1 amide bonds. The highest BCUT2D eigenvalue weighted by Gasteiger charge is 2.30. The van der Waals surface area contributed by atoms with Crippen LogP contribution in [0.1, 0.15) is 39.7 Å². The van der Waals surface area contributed by atoms with Gasteiger partial charge in [0.25, 0.3) is 5.56 Å². The number of amides is 1. The molecular formula is C18H23N3O2S. The third kappa shape index (κ3) is 3.64. The molecule has 1 aliphatic rings. The molecule has 0 radical (unpaired) electrons. The number of carbonyl (C=O) groups excluding carboxylic acids is 1. The standard InChI is InChI=1S/C18H23N3O2S/c1-11(2)10-19-16(22)12(3)24-18-20-15-7-5-4-6-14(15)17(23)21(18)13-8-9-13/h4-7,11-13H,8-10H2,1-3H3,(H,19,22)/t12-/m1/s1. The lowest BCUT2D eigenvalue weighted by atomic mass is 10.2. The van der Waals surface area contributed by atoms with Gasteiger partial charge >= 0.3 is 0 Å². The molecule has 128 valence electrons. The summed E-state index contributed by atoms with van der Waals surface area (Å²) >= 11 is 1.37. The molecule has 1 aromatic heterocycles. The van der Waals surface area contributed by atoms with E-state index in [0.29, 0.717) is 28.5 Å². The summed E-state index contributed by atoms with van der Waals surface area (Å²) in [7, 11) is 0. The van der Waals surface area contributed by atoms with Crippen molar-refractivity contribution < 1.29 is 4.79 Å². The minimum Gasteiger partial charge on any atom is -0.355 e. The largest absolute Gasteiger partial charge is 0.355 e. The van der Waals surface area contributed by atoms with Crippen LogP contribution in [0.5, 0.6) is 0 Å². The second kappa shape index (κ2) is 6.97. The van der Waals surface area contributed by atoms with Crippen LogP contribution in [0.15, 0.2) is 34.2 Å². The number of rotatable bonds is 6. The highest BCUT2D eigenvalue weighted by Crippen LogP contribution is 2.37. The van der Waals surface area contributed by atoms with Gasteiger partial charge in [-0.05, 0) is 37.8 Å². The van der Waals surface area contributed by atoms with Crippen molar-refractivity contribution in [3.63, 3.8) is 0 Å². The van der Waals surface area contributed by atoms with Gasteiger partial charge in [-0.2, -0.15) is 0 Å². The predicted molar refractivity (Wildman–Crippen MR) is 97.4 cm³/mol. The van der Waals surface area contributed by atoms with Crippen LogP contribution in [0.25, 0.3) is 10.9 Å². The van der Waals surface area contributed by atoms with Gasteiger partial charge in [0.2, 0.25) is 5.91 Å². The SMILES string of the molecule is CC(C)CNC(=O)[C@@H](C)Sc1nc2ccccc2c(=O)n1C1CC1. The zero-order chi connectivity index (χ0) is 17.3. The Morgan fingerprint density at radius 2 is 2.04 bits per heavy atom. The first-order valence-electron chi connectivity index (χ1n) is 8.43. The molecule has 0 bridgehead atoms. The van der Waals surface area contributed by atoms with Gasteiger partial charge in [-0.25, -0.2) is 4.98 Å². The fourth-order valence-corrected chi connectivity index (χ4v) is 3.53. The van der Waals surface area contributed by atoms with Crippen LogP contribution in [0.3, 0.4) is 0 Å². The van der Waals surface area contributed by atoms with Gasteiger partial charge in [-0.3, -0.25) is 14.2 Å². The Morgan fingerprint density at radius 3 is 2.71 bits per heavy atom. The van der Waals surface area contributed by atoms with E-state index in [9.17, 15) is 9.59 Å². The van der Waals surface area contributed by atoms with Crippen molar-refractivity contribution in [1.29, 1.82) is 0 Å². The van der Waals surface area contributed by atoms with E-state index in [-0.39, 0.29) is 22.8 Å². The summed E-state index contributed by atoms with van der Waals surface area (Å²) in [5.74, 6) is 0.396. The van der Waals surface area contributed by atoms with Crippen molar-refractivity contribution in [3.8, 4) is 0 Å². The van der Waals surface area contributed by atoms with Gasteiger partial charge in [-0.1, -0.05) is 37.7 Å². The average Bonchev–Trinajstić information content (AvgIpc) is 3.37. The number of nitrogens with one attached hydrogen (secondary N) is 1. The second-order valence-corrected chi connectivity index (χ2v) is 8.02. The zero-order valence-electron chi connectivity index (χ0n) is 14.3. The van der Waals surface area contributed by atoms with Gasteiger partial charge in [0.05, 0.1) is 16.2 Å². The molecule has 0 unspecified atom stereocenters. The summed E-state index contributed by atoms with van der Waals surface area (Å²) in [5.41, 5.74) is 0.692. The van der Waals surface area contributed by atoms with Crippen molar-refractivity contribution in [2.45, 2.75) is 50.1 Å². The van der Waals surface area contributed by atoms with Gasteiger partial charge in [0.1, 0.15) is 0 Å². The summed E-state index contributed by atoms with van der Waals surface area (Å²) in [6, 6.07) is 7.63. The maximum absolute atomic E-state index is 12.8. The summed E-state index contributed by atoms with van der Waals surface area (Å²) in [5, 5.41) is 3.94. The number of hydrogen-bond donors (Lipinski definition) is 1. The molecule has 1 atom stereocenters. The number of benzene rings is 1. The van der Waals surface area contributed by atoms with Crippen LogP contribution in [0.2, 0.25) is 0 Å². The molecule has 2 aromatic rings. The van der Waals surface area contributed by atoms with Gasteiger partial charge in [0.15, 0.2) is 5.16 Å². The van der Waals surface area contributed by atoms with Crippen molar-refractivity contribution in [3.05, 3.63) is 34.6 Å². The number of para-hydroxylation sites is 1. The summed E-state index contributed by atoms with van der Waals surface area (Å²) < 4.78 is 1.78. The van der Waals surface area contributed by atoms with Crippen LogP contribution in [-0.4, -0.2) is 27.3 Å². The molecule has 1 heterocycles. The molecular weight excluding hydrogens is 322 g/mol. The molecule has 1 saturated carbocycles. The topological polar surface area (TPSA) is 64.0 Å². The number of hydrogen-bond acceptors (Lipinski definition) is 4. The summed E-state index contributed by atoms with van der Waals surface area (Å²) in [6.45, 7) is 6.64. The van der Waals surface area contributed by atoms with E-state index >= 15 is 0 Å². The normalized spacial score (nSPS) is 15.7. The van der Waals surface area contributed by atoms with Crippen molar-refractivity contribution in [2.75, 3.05) is 6.54 Å². The molecule has 5 nitrogen and oxygen atoms in total. The fourth-order valence-electron chi connectivity index (χ4n) is 2.52. The van der Waals surface area contributed by atoms with Crippen molar-refractivity contribution in [2.24, 2.45) is 5.92 Å². The molecule has 1 aromatic carbocycles. The molecule has 0 aliphatic heterocycles. The van der Waals surface area contributed by atoms with Gasteiger partial charge in [-0.15, -0.1) is 0 Å². The molecule has 3 rings (SSSR count). The van der Waals surface area contributed by atoms with E-state index in [1.54, 1.807) is 4.57 Å². The average molecular weight is 345 g/mol. The van der Waals surface area contributed by atoms with Crippen LogP contribution in [-0.2, 0) is 4.79 Å². The number of nitrogens with zero attached hydrogens (tertiary/aromatic N) is 2. The molecule has 24 heavy (non-hydrogen) atoms. The monoisotopic (exact) mass is 345 g/mol. The van der Waals surface area contributed by atoms with Crippen molar-refractivity contribution >= 4 is 28.6 Å². The Kier molecular flexibility index (Phi) is 4.94. The fraction of sp³-hybridized carbons (Fsp3) is 0.500. The van der Waals surface area contributed by atoms with Crippen LogP contribution in [0, 0.1) is 5.92 Å². The van der Waals surface area contributed by atoms with E-state index in [2.05, 4.69) is 24.1 Å². The van der Waals surface area contributed by atoms with Crippen LogP contribution in [0.4, 0.5) is 0 Å². The maximum Gasteiger partial charge on any atom is 0.262 e. The van der Waals surface area contributed by atoms with Gasteiger partial charge < -0.3 is 5.32 Å². The maximum atomic E-state index is 12.8. The highest BCUT2D eigenvalue weighted by atomic mass is 32.2. The molecule has 6 heteroatoms. The van der Waals surface area contributed by atoms with Crippen LogP contribution < -0.4 is 10.9 Å². The number of aromatic nitrogens is 2. The van der Waals surface area contributed by atoms with Gasteiger partial charge in [0, 0.05) is 12.6 Å². The second-order valence-electron chi connectivity index (χ2n) is 6.72. The zero-order valence-corrected chi connectivity index (χ0v) is 15.1. The Bertz CT molecular complexity index is 812. The molecule has 0 saturated heterocycles. The first kappa shape index (κ1) is 17.0. The molecule has 0 spiro atoms. The van der Waals surface area contributed by atoms with E-state index in [0.717, 1.165) is 12.8 Å². The molecule has 1 aliphatic carbocycles. The van der Waals surface area contributed by atoms with Crippen molar-refractivity contribution in [1.82, 2.24) is 14.9 Å². The van der Waals surface area contributed by atoms with E-state index in [1.807, 2.05) is 31.2 Å². The Balaban J connectivity index is 1.89. The van der Waals surface area contributed by atoms with E-state index in [4.69, 9.17) is 0 Å².